The van der Waals surface area contributed by atoms with Gasteiger partial charge < -0.3 is 67.1 Å². The van der Waals surface area contributed by atoms with Crippen molar-refractivity contribution in [2.45, 2.75) is 269 Å². The maximum Gasteiger partial charge on any atom is 0.338 e. The number of aliphatic hydroxyl groups excluding tert-OH is 2. The van der Waals surface area contributed by atoms with Crippen molar-refractivity contribution >= 4 is 58.4 Å². The molecule has 0 amide bonds. The van der Waals surface area contributed by atoms with Crippen molar-refractivity contribution in [2.24, 2.45) is 34.5 Å². The number of esters is 4. The van der Waals surface area contributed by atoms with E-state index in [1.54, 1.807) is 14.2 Å². The summed E-state index contributed by atoms with van der Waals surface area (Å²) >= 11 is -1.50. The minimum Gasteiger partial charge on any atom is -0.465 e. The van der Waals surface area contributed by atoms with Crippen molar-refractivity contribution in [3.05, 3.63) is 200 Å². The van der Waals surface area contributed by atoms with Crippen molar-refractivity contribution in [1.82, 2.24) is 0 Å². The largest absolute Gasteiger partial charge is 0.465 e. The lowest BCUT2D eigenvalue weighted by Gasteiger charge is -2.38. The zero-order valence-electron chi connectivity index (χ0n) is 70.7. The van der Waals surface area contributed by atoms with Gasteiger partial charge in [0.25, 0.3) is 11.4 Å². The summed E-state index contributed by atoms with van der Waals surface area (Å²) in [6.07, 6.45) is 8.02. The van der Waals surface area contributed by atoms with Crippen LogP contribution < -0.4 is 0 Å². The predicted molar refractivity (Wildman–Crippen MR) is 447 cm³/mol. The van der Waals surface area contributed by atoms with Crippen LogP contribution in [0.4, 0.5) is 11.4 Å². The molecule has 4 aromatic rings. The summed E-state index contributed by atoms with van der Waals surface area (Å²) in [4.78, 5) is 72.3. The van der Waals surface area contributed by atoms with Gasteiger partial charge in [-0.25, -0.2) is 9.59 Å². The van der Waals surface area contributed by atoms with E-state index in [1.165, 1.54) is 54.1 Å². The third kappa shape index (κ3) is 30.4. The molecule has 2 N–H and O–H groups in total. The first-order chi connectivity index (χ1) is 57.1. The fourth-order valence-corrected chi connectivity index (χ4v) is 16.4. The van der Waals surface area contributed by atoms with E-state index < -0.39 is 92.9 Å². The summed E-state index contributed by atoms with van der Waals surface area (Å²) < 4.78 is 108. The number of nitro groups is 2. The molecule has 0 bridgehead atoms. The van der Waals surface area contributed by atoms with Gasteiger partial charge in [-0.1, -0.05) is 101 Å². The normalized spacial score (nSPS) is 27.1. The highest BCUT2D eigenvalue weighted by atomic mass is 32.1. The standard InChI is InChI=1S/C52H64N2O14.C38H58O8.2O2S/c1-32-26-41(23-24-44-33(2)27-40(65-44)14-11-25-63-51(57)52(4,5)6)66-45(34(32)3)30-46-43(28-35-12-9-8-10-13-35)48(62-7)47(68-46)29-42(67-50(56)37-17-21-39(22-18-37)54(60)61)31-64-49(55)36-15-19-38(20-16-36)53(58)59;1-24-18-30(15-16-32-25(2)19-29(44-32)14-11-17-43-37(41)38(4,5)6)45-33(26(24)3)22-34-31(20-27-12-9-8-10-13-27)36(42-7)35(46-34)21-28(40)23-39;2*1-3-2/h8-10,12-13,15-22,32,40-48H,2-3,11,14,23-31H2,1,4-7H3;8-10,12-13,24,28-36,39-40H,2-3,11,14-23H2,1,4-7H3;;/t32-,40+,41?,42+,43+,44+,45?,46+,47-,48-;24-,28+,29+,30?,31+,32+,33?,34+,35-,36-;;/m11../s1. The molecular formula is C90H122N2O26S2. The molecule has 6 saturated heterocycles. The Hall–Kier alpha value is -8.24. The summed E-state index contributed by atoms with van der Waals surface area (Å²) in [7, 11) is 3.31. The van der Waals surface area contributed by atoms with E-state index in [4.69, 9.17) is 73.7 Å². The molecule has 6 aliphatic rings. The van der Waals surface area contributed by atoms with E-state index in [9.17, 15) is 49.6 Å². The Balaban J connectivity index is 0.000000331. The third-order valence-electron chi connectivity index (χ3n) is 23.0. The SMILES string of the molecule is C=C1C(C[C@@H]2O[C@H](C[C@@H](COC(=O)c3ccc([N+](=O)[O-])cc3)OC(=O)c3ccc([N+](=O)[O-])cc3)[C@H](OC)[C@H]2Cc2ccccc2)OC(CC[C@@H]2O[C@@H](CCCOC(=O)C(C)(C)C)CC2=C)C[C@H]1C.C=C1C(C[C@@H]2O[C@H](C[C@H](O)CO)[C@H](OC)[C@H]2Cc2ccccc2)OC(CC[C@@H]2O[C@@H](CCCOC(=O)C(C)(C)C)CC2=C)C[C@H]1C.O=S=O.O=S=O. The first-order valence-corrected chi connectivity index (χ1v) is 42.6. The van der Waals surface area contributed by atoms with Gasteiger partial charge in [0.2, 0.25) is 0 Å². The number of ether oxygens (including phenoxy) is 12. The van der Waals surface area contributed by atoms with Crippen LogP contribution in [0.1, 0.15) is 190 Å². The molecule has 0 spiro atoms. The molecule has 0 saturated carbocycles. The maximum atomic E-state index is 13.6. The summed E-state index contributed by atoms with van der Waals surface area (Å²) in [5.74, 6) is -1.59. The molecular weight excluding hydrogens is 1590 g/mol. The van der Waals surface area contributed by atoms with Gasteiger partial charge in [0.05, 0.1) is 143 Å². The Bertz CT molecular complexity index is 4060. The van der Waals surface area contributed by atoms with Crippen LogP contribution in [-0.2, 0) is 102 Å². The average Bonchev–Trinajstić information content (AvgIpc) is 1.65. The summed E-state index contributed by atoms with van der Waals surface area (Å²) in [5, 5.41) is 42.3. The summed E-state index contributed by atoms with van der Waals surface area (Å²) in [6, 6.07) is 30.2. The van der Waals surface area contributed by atoms with E-state index in [0.29, 0.717) is 51.2 Å². The van der Waals surface area contributed by atoms with E-state index in [-0.39, 0.29) is 132 Å². The van der Waals surface area contributed by atoms with Crippen molar-refractivity contribution in [3.63, 3.8) is 0 Å². The number of benzene rings is 4. The molecule has 6 heterocycles. The number of non-ortho nitro benzene ring substituents is 2. The van der Waals surface area contributed by atoms with Crippen LogP contribution in [0.25, 0.3) is 0 Å². The number of nitro benzene ring substituents is 2. The van der Waals surface area contributed by atoms with Gasteiger partial charge >= 0.3 is 47.0 Å². The third-order valence-corrected chi connectivity index (χ3v) is 23.0. The van der Waals surface area contributed by atoms with Crippen molar-refractivity contribution in [1.29, 1.82) is 0 Å². The van der Waals surface area contributed by atoms with E-state index in [0.717, 1.165) is 105 Å². The maximum absolute atomic E-state index is 13.6. The highest BCUT2D eigenvalue weighted by Crippen LogP contribution is 2.45. The van der Waals surface area contributed by atoms with Crippen LogP contribution in [0.2, 0.25) is 0 Å². The average molecular weight is 1710 g/mol. The Morgan fingerprint density at radius 2 is 0.883 bits per heavy atom. The molecule has 10 rings (SSSR count). The molecule has 6 aliphatic heterocycles. The molecule has 30 heteroatoms. The molecule has 0 aromatic heterocycles. The molecule has 4 aromatic carbocycles. The van der Waals surface area contributed by atoms with Crippen molar-refractivity contribution in [2.75, 3.05) is 40.6 Å². The second kappa shape index (κ2) is 48.6. The van der Waals surface area contributed by atoms with E-state index in [1.807, 2.05) is 90.1 Å². The molecule has 0 aliphatic carbocycles. The van der Waals surface area contributed by atoms with Crippen molar-refractivity contribution in [3.8, 4) is 0 Å². The van der Waals surface area contributed by atoms with Gasteiger partial charge in [0.15, 0.2) is 0 Å². The van der Waals surface area contributed by atoms with Gasteiger partial charge in [-0.3, -0.25) is 29.8 Å². The minimum absolute atomic E-state index is 0.0131. The van der Waals surface area contributed by atoms with E-state index >= 15 is 0 Å². The van der Waals surface area contributed by atoms with Crippen LogP contribution in [0.15, 0.2) is 158 Å². The zero-order valence-corrected chi connectivity index (χ0v) is 72.4. The van der Waals surface area contributed by atoms with Crippen molar-refractivity contribution < 1.29 is 113 Å². The summed E-state index contributed by atoms with van der Waals surface area (Å²) in [6.45, 7) is 33.1. The van der Waals surface area contributed by atoms with Crippen LogP contribution >= 0.6 is 0 Å². The molecule has 6 fully saturated rings. The number of carbonyl (C=O) groups excluding carboxylic acids is 4. The molecule has 120 heavy (non-hydrogen) atoms. The highest BCUT2D eigenvalue weighted by Gasteiger charge is 2.50. The minimum atomic E-state index is -1.07. The first kappa shape index (κ1) is 98.9. The van der Waals surface area contributed by atoms with Gasteiger partial charge in [-0.05, 0) is 201 Å². The van der Waals surface area contributed by atoms with Gasteiger partial charge in [-0.2, -0.15) is 16.8 Å². The number of aliphatic hydroxyl groups is 2. The molecule has 20 atom stereocenters. The van der Waals surface area contributed by atoms with Gasteiger partial charge in [0.1, 0.15) is 12.7 Å². The lowest BCUT2D eigenvalue weighted by atomic mass is 9.81. The summed E-state index contributed by atoms with van der Waals surface area (Å²) in [5.41, 5.74) is 5.23. The monoisotopic (exact) mass is 1710 g/mol. The number of rotatable bonds is 36. The molecule has 0 radical (unpaired) electrons. The fraction of sp³-hybridized carbons (Fsp3) is 0.600. The first-order valence-electron chi connectivity index (χ1n) is 41.2. The quantitative estimate of drug-likeness (QED) is 0.0107. The zero-order chi connectivity index (χ0) is 88.0. The molecule has 660 valence electrons. The van der Waals surface area contributed by atoms with E-state index in [2.05, 4.69) is 52.3 Å². The smallest absolute Gasteiger partial charge is 0.338 e. The topological polar surface area (TPSA) is 374 Å². The number of carbonyl (C=O) groups is 4. The Labute approximate surface area is 711 Å². The number of hydrogen-bond acceptors (Lipinski definition) is 26. The lowest BCUT2D eigenvalue weighted by Crippen LogP contribution is -2.39. The second-order valence-corrected chi connectivity index (χ2v) is 34.3. The highest BCUT2D eigenvalue weighted by molar-refractivity contribution is 7.52. The Kier molecular flexibility index (Phi) is 40.0. The van der Waals surface area contributed by atoms with Gasteiger partial charge in [0, 0.05) is 76.0 Å². The fourth-order valence-electron chi connectivity index (χ4n) is 16.4. The number of methoxy groups -OCH3 is 2. The van der Waals surface area contributed by atoms with Crippen LogP contribution in [-0.4, -0.2) is 199 Å². The van der Waals surface area contributed by atoms with Gasteiger partial charge in [-0.15, -0.1) is 0 Å². The van der Waals surface area contributed by atoms with Crippen LogP contribution in [0.5, 0.6) is 0 Å². The predicted octanol–water partition coefficient (Wildman–Crippen LogP) is 14.2. The number of nitrogens with zero attached hydrogens (tertiary/aromatic N) is 2. The lowest BCUT2D eigenvalue weighted by molar-refractivity contribution is -0.385. The number of hydrogen-bond donors (Lipinski definition) is 2. The van der Waals surface area contributed by atoms with Crippen LogP contribution in [0, 0.1) is 54.7 Å². The molecule has 28 nitrogen and oxygen atoms in total. The molecule has 4 unspecified atom stereocenters. The Morgan fingerprint density at radius 3 is 1.25 bits per heavy atom. The second-order valence-electron chi connectivity index (χ2n) is 34.0. The Morgan fingerprint density at radius 1 is 0.508 bits per heavy atom. The van der Waals surface area contributed by atoms with Crippen LogP contribution in [0.3, 0.4) is 0 Å².